The van der Waals surface area contributed by atoms with Crippen LogP contribution < -0.4 is 10.5 Å². The number of hydrogen-bond acceptors (Lipinski definition) is 5. The maximum absolute atomic E-state index is 13.9. The predicted octanol–water partition coefficient (Wildman–Crippen LogP) is 1.16. The Morgan fingerprint density at radius 3 is 2.96 bits per heavy atom. The number of nitrogens with zero attached hydrogens (tertiary/aromatic N) is 5. The molecule has 0 saturated heterocycles. The third-order valence-electron chi connectivity index (χ3n) is 4.37. The molecule has 118 valence electrons. The SMILES string of the molecule is CCN1CC(c2ncnn2C)c2n[nH]c(=O)c3cc(F)cc1c23. The van der Waals surface area contributed by atoms with Gasteiger partial charge in [-0.15, -0.1) is 0 Å². The van der Waals surface area contributed by atoms with Crippen molar-refractivity contribution < 1.29 is 4.39 Å². The molecule has 1 aliphatic heterocycles. The van der Waals surface area contributed by atoms with Gasteiger partial charge in [-0.05, 0) is 19.1 Å². The van der Waals surface area contributed by atoms with Crippen molar-refractivity contribution in [3.63, 3.8) is 0 Å². The summed E-state index contributed by atoms with van der Waals surface area (Å²) < 4.78 is 15.6. The summed E-state index contributed by atoms with van der Waals surface area (Å²) in [4.78, 5) is 18.5. The van der Waals surface area contributed by atoms with Crippen molar-refractivity contribution in [3.8, 4) is 0 Å². The Morgan fingerprint density at radius 1 is 1.43 bits per heavy atom. The van der Waals surface area contributed by atoms with Gasteiger partial charge in [0.1, 0.15) is 18.0 Å². The molecule has 1 aliphatic rings. The van der Waals surface area contributed by atoms with Crippen molar-refractivity contribution in [2.24, 2.45) is 7.05 Å². The van der Waals surface area contributed by atoms with Crippen LogP contribution in [0.2, 0.25) is 0 Å². The van der Waals surface area contributed by atoms with Gasteiger partial charge < -0.3 is 4.90 Å². The first-order valence-corrected chi connectivity index (χ1v) is 7.40. The lowest BCUT2D eigenvalue weighted by atomic mass is 9.92. The van der Waals surface area contributed by atoms with E-state index in [2.05, 4.69) is 20.3 Å². The fourth-order valence-corrected chi connectivity index (χ4v) is 3.30. The summed E-state index contributed by atoms with van der Waals surface area (Å²) in [6.07, 6.45) is 1.49. The van der Waals surface area contributed by atoms with Gasteiger partial charge in [-0.3, -0.25) is 9.48 Å². The van der Waals surface area contributed by atoms with E-state index >= 15 is 0 Å². The molecule has 8 heteroatoms. The van der Waals surface area contributed by atoms with Crippen LogP contribution >= 0.6 is 0 Å². The van der Waals surface area contributed by atoms with Gasteiger partial charge in [0.05, 0.1) is 17.0 Å². The number of benzene rings is 1. The number of nitrogens with one attached hydrogen (secondary N) is 1. The van der Waals surface area contributed by atoms with E-state index in [4.69, 9.17) is 0 Å². The van der Waals surface area contributed by atoms with E-state index in [0.29, 0.717) is 35.2 Å². The van der Waals surface area contributed by atoms with Crippen LogP contribution in [0.4, 0.5) is 10.1 Å². The third kappa shape index (κ3) is 1.94. The molecule has 1 atom stereocenters. The highest BCUT2D eigenvalue weighted by atomic mass is 19.1. The maximum atomic E-state index is 13.9. The molecule has 3 heterocycles. The largest absolute Gasteiger partial charge is 0.370 e. The Morgan fingerprint density at radius 2 is 2.26 bits per heavy atom. The van der Waals surface area contributed by atoms with Crippen LogP contribution in [-0.4, -0.2) is 38.1 Å². The highest BCUT2D eigenvalue weighted by Gasteiger charge is 2.32. The Kier molecular flexibility index (Phi) is 2.93. The standard InChI is InChI=1S/C15H15FN6O/c1-3-22-6-10(14-17-7-18-21(14)2)13-12-9(15(23)20-19-13)4-8(16)5-11(12)22/h4-5,7,10H,3,6H2,1-2H3,(H,20,23). The minimum absolute atomic E-state index is 0.139. The second kappa shape index (κ2) is 4.87. The predicted molar refractivity (Wildman–Crippen MR) is 83.1 cm³/mol. The molecular weight excluding hydrogens is 299 g/mol. The fourth-order valence-electron chi connectivity index (χ4n) is 3.30. The van der Waals surface area contributed by atoms with Gasteiger partial charge in [0.15, 0.2) is 0 Å². The molecule has 2 aromatic heterocycles. The zero-order valence-electron chi connectivity index (χ0n) is 12.7. The number of aryl methyl sites for hydroxylation is 1. The second-order valence-electron chi connectivity index (χ2n) is 5.62. The highest BCUT2D eigenvalue weighted by molar-refractivity contribution is 5.97. The normalized spacial score (nSPS) is 17.0. The zero-order valence-corrected chi connectivity index (χ0v) is 12.7. The molecule has 0 spiro atoms. The van der Waals surface area contributed by atoms with Crippen LogP contribution in [0.1, 0.15) is 24.4 Å². The zero-order chi connectivity index (χ0) is 16.1. The number of aromatic nitrogens is 5. The quantitative estimate of drug-likeness (QED) is 0.768. The molecule has 0 bridgehead atoms. The molecule has 1 N–H and O–H groups in total. The van der Waals surface area contributed by atoms with E-state index < -0.39 is 5.82 Å². The van der Waals surface area contributed by atoms with Gasteiger partial charge in [-0.2, -0.15) is 10.2 Å². The molecule has 0 radical (unpaired) electrons. The van der Waals surface area contributed by atoms with Crippen molar-refractivity contribution in [2.75, 3.05) is 18.0 Å². The monoisotopic (exact) mass is 314 g/mol. The van der Waals surface area contributed by atoms with Gasteiger partial charge in [0.25, 0.3) is 5.56 Å². The minimum atomic E-state index is -0.425. The summed E-state index contributed by atoms with van der Waals surface area (Å²) in [5.74, 6) is 0.199. The average Bonchev–Trinajstić information content (AvgIpc) is 2.96. The van der Waals surface area contributed by atoms with E-state index in [9.17, 15) is 9.18 Å². The Balaban J connectivity index is 2.08. The van der Waals surface area contributed by atoms with Gasteiger partial charge in [0, 0.05) is 31.2 Å². The molecule has 0 saturated carbocycles. The van der Waals surface area contributed by atoms with Gasteiger partial charge in [0.2, 0.25) is 0 Å². The van der Waals surface area contributed by atoms with Crippen LogP contribution in [-0.2, 0) is 7.05 Å². The van der Waals surface area contributed by atoms with E-state index in [-0.39, 0.29) is 11.5 Å². The number of aromatic amines is 1. The van der Waals surface area contributed by atoms with Crippen LogP contribution in [0.3, 0.4) is 0 Å². The number of halogens is 1. The molecule has 1 unspecified atom stereocenters. The van der Waals surface area contributed by atoms with Crippen molar-refractivity contribution in [3.05, 3.63) is 46.1 Å². The van der Waals surface area contributed by atoms with Crippen LogP contribution in [0, 0.1) is 5.82 Å². The average molecular weight is 314 g/mol. The van der Waals surface area contributed by atoms with E-state index in [1.807, 2.05) is 18.9 Å². The lowest BCUT2D eigenvalue weighted by Gasteiger charge is -2.34. The Bertz CT molecular complexity index is 962. The van der Waals surface area contributed by atoms with Crippen molar-refractivity contribution in [2.45, 2.75) is 12.8 Å². The van der Waals surface area contributed by atoms with Gasteiger partial charge in [-0.1, -0.05) is 0 Å². The first kappa shape index (κ1) is 13.9. The lowest BCUT2D eigenvalue weighted by Crippen LogP contribution is -2.35. The lowest BCUT2D eigenvalue weighted by molar-refractivity contribution is 0.601. The number of likely N-dealkylation sites (N-methyl/N-ethyl adjacent to an activating group) is 1. The van der Waals surface area contributed by atoms with Gasteiger partial charge in [-0.25, -0.2) is 14.5 Å². The minimum Gasteiger partial charge on any atom is -0.370 e. The molecule has 0 aliphatic carbocycles. The van der Waals surface area contributed by atoms with Crippen molar-refractivity contribution in [1.82, 2.24) is 25.0 Å². The van der Waals surface area contributed by atoms with Gasteiger partial charge >= 0.3 is 0 Å². The molecular formula is C15H15FN6O. The molecule has 1 aromatic carbocycles. The number of H-pyrrole nitrogens is 1. The van der Waals surface area contributed by atoms with Crippen LogP contribution in [0.25, 0.3) is 10.8 Å². The van der Waals surface area contributed by atoms with Crippen LogP contribution in [0.15, 0.2) is 23.3 Å². The molecule has 4 rings (SSSR count). The smallest absolute Gasteiger partial charge is 0.272 e. The Labute approximate surface area is 130 Å². The summed E-state index contributed by atoms with van der Waals surface area (Å²) in [6.45, 7) is 3.29. The maximum Gasteiger partial charge on any atom is 0.272 e. The topological polar surface area (TPSA) is 79.7 Å². The fraction of sp³-hybridized carbons (Fsp3) is 0.333. The molecule has 0 fully saturated rings. The second-order valence-corrected chi connectivity index (χ2v) is 5.62. The van der Waals surface area contributed by atoms with E-state index in [0.717, 1.165) is 5.82 Å². The molecule has 23 heavy (non-hydrogen) atoms. The number of hydrogen-bond donors (Lipinski definition) is 1. The molecule has 3 aromatic rings. The number of anilines is 1. The number of rotatable bonds is 2. The summed E-state index contributed by atoms with van der Waals surface area (Å²) in [7, 11) is 1.82. The molecule has 0 amide bonds. The molecule has 7 nitrogen and oxygen atoms in total. The first-order chi connectivity index (χ1) is 11.1. The summed E-state index contributed by atoms with van der Waals surface area (Å²) in [5, 5.41) is 11.9. The van der Waals surface area contributed by atoms with E-state index in [1.165, 1.54) is 18.5 Å². The first-order valence-electron chi connectivity index (χ1n) is 7.40. The van der Waals surface area contributed by atoms with E-state index in [1.54, 1.807) is 4.68 Å². The van der Waals surface area contributed by atoms with Crippen molar-refractivity contribution >= 4 is 16.5 Å². The summed E-state index contributed by atoms with van der Waals surface area (Å²) in [5.41, 5.74) is 1.02. The highest BCUT2D eigenvalue weighted by Crippen LogP contribution is 2.39. The third-order valence-corrected chi connectivity index (χ3v) is 4.37. The van der Waals surface area contributed by atoms with Crippen LogP contribution in [0.5, 0.6) is 0 Å². The Hall–Kier alpha value is -2.77. The van der Waals surface area contributed by atoms with Crippen molar-refractivity contribution in [1.29, 1.82) is 0 Å². The summed E-state index contributed by atoms with van der Waals surface area (Å²) in [6, 6.07) is 2.72. The summed E-state index contributed by atoms with van der Waals surface area (Å²) >= 11 is 0.